The summed E-state index contributed by atoms with van der Waals surface area (Å²) in [4.78, 5) is 7.04. The summed E-state index contributed by atoms with van der Waals surface area (Å²) in [5, 5.41) is 0. The van der Waals surface area contributed by atoms with Crippen molar-refractivity contribution in [3.8, 4) is 89.0 Å². The van der Waals surface area contributed by atoms with E-state index in [0.29, 0.717) is 78.3 Å². The van der Waals surface area contributed by atoms with E-state index in [1.165, 1.54) is 32.1 Å². The molecule has 16 nitrogen and oxygen atoms in total. The van der Waals surface area contributed by atoms with Crippen molar-refractivity contribution in [3.05, 3.63) is 385 Å². The Labute approximate surface area is 868 Å². The number of sulfone groups is 8. The molecule has 0 atom stereocenters. The number of fused-ring (bicyclic) bond motifs is 24. The number of aryl methyl sites for hydroxylation is 7. The summed E-state index contributed by atoms with van der Waals surface area (Å²) in [5.74, 6) is 0. The predicted octanol–water partition coefficient (Wildman–Crippen LogP) is 31.3. The molecule has 762 valence electrons. The van der Waals surface area contributed by atoms with Crippen molar-refractivity contribution in [2.24, 2.45) is 0 Å². The third-order valence-electron chi connectivity index (χ3n) is 23.7. The lowest BCUT2D eigenvalue weighted by Gasteiger charge is -2.06. The van der Waals surface area contributed by atoms with Crippen LogP contribution in [-0.2, 0) is 78.7 Å². The monoisotopic (exact) mass is 2110 g/mol. The molecule has 0 aliphatic carbocycles. The second-order valence-corrected chi connectivity index (χ2v) is 49.3. The lowest BCUT2D eigenvalue weighted by atomic mass is 9.99. The van der Waals surface area contributed by atoms with Gasteiger partial charge in [0.25, 0.3) is 0 Å². The van der Waals surface area contributed by atoms with Crippen molar-refractivity contribution in [1.82, 2.24) is 0 Å². The van der Waals surface area contributed by atoms with E-state index in [0.717, 1.165) is 128 Å². The topological polar surface area (TPSA) is 273 Å². The van der Waals surface area contributed by atoms with Crippen LogP contribution in [0, 0.1) is 48.5 Å². The zero-order valence-electron chi connectivity index (χ0n) is 86.7. The van der Waals surface area contributed by atoms with Gasteiger partial charge in [-0.25, -0.2) is 67.3 Å². The van der Waals surface area contributed by atoms with Crippen molar-refractivity contribution in [3.63, 3.8) is 0 Å². The van der Waals surface area contributed by atoms with Gasteiger partial charge in [0.05, 0.1) is 78.3 Å². The third kappa shape index (κ3) is 22.8. The Morgan fingerprint density at radius 1 is 0.151 bits per heavy atom. The van der Waals surface area contributed by atoms with Crippen molar-refractivity contribution >= 4 is 78.7 Å². The van der Waals surface area contributed by atoms with Crippen LogP contribution in [0.3, 0.4) is 0 Å². The van der Waals surface area contributed by atoms with Crippen molar-refractivity contribution in [1.29, 1.82) is 0 Å². The van der Waals surface area contributed by atoms with E-state index in [9.17, 15) is 67.3 Å². The average Bonchev–Trinajstić information content (AvgIpc) is 1.52. The van der Waals surface area contributed by atoms with Gasteiger partial charge in [0, 0.05) is 89.0 Å². The van der Waals surface area contributed by atoms with Crippen LogP contribution in [0.4, 0.5) is 0 Å². The Morgan fingerprint density at radius 2 is 0.322 bits per heavy atom. The van der Waals surface area contributed by atoms with Gasteiger partial charge in [0.15, 0.2) is 0 Å². The molecule has 0 saturated heterocycles. The van der Waals surface area contributed by atoms with Gasteiger partial charge in [0.2, 0.25) is 78.7 Å². The molecular formula is C122H130O16S8. The van der Waals surface area contributed by atoms with E-state index in [1.54, 1.807) is 140 Å². The van der Waals surface area contributed by atoms with Gasteiger partial charge in [0.1, 0.15) is 0 Å². The summed E-state index contributed by atoms with van der Waals surface area (Å²) < 4.78 is 196. The standard InChI is InChI=1S/3C14H12O2S.C13H10O2S.4C12H8O2S.C4H10.3C3H8.3C2H6/c1-9-5-3-7-11-12-8-4-6-10(2)14(12)17(15,16)13(9)11;1-9-7-10(2)14-11-5-3-4-6-12(11)17(15,16)13(14)8-9;1-9-7-8-10(2)14-13(9)11-5-3-4-6-12(11)17(14,15)16;1-9-5-4-7-11-10-6-2-3-8-12(10)16(14,15)13(9)11;4*13-15(14)11-7-3-1-5-9(11)10-6-2-4-8-12(10)15;1-3-4-2;3*1-3-2;3*1-2/h3*3-8H,1-2H3;2-8H,1H3;4*1-8H;3-4H2,1-2H3;3*3H2,1-2H3;3*1-2H3. The molecule has 8 aliphatic rings. The highest BCUT2D eigenvalue weighted by atomic mass is 32.2. The lowest BCUT2D eigenvalue weighted by Crippen LogP contribution is -2.00. The maximum Gasteiger partial charge on any atom is 0.208 e. The summed E-state index contributed by atoms with van der Waals surface area (Å²) in [6.45, 7) is 42.3. The van der Waals surface area contributed by atoms with Gasteiger partial charge in [-0.15, -0.1) is 0 Å². The first-order valence-electron chi connectivity index (χ1n) is 49.2. The molecule has 24 rings (SSSR count). The zero-order chi connectivity index (χ0) is 107. The van der Waals surface area contributed by atoms with Crippen molar-refractivity contribution in [2.45, 2.75) is 256 Å². The molecule has 0 aromatic heterocycles. The van der Waals surface area contributed by atoms with Gasteiger partial charge in [-0.2, -0.15) is 0 Å². The van der Waals surface area contributed by atoms with Gasteiger partial charge in [-0.05, 0) is 160 Å². The molecule has 24 heteroatoms. The Kier molecular flexibility index (Phi) is 39.0. The van der Waals surface area contributed by atoms with E-state index in [4.69, 9.17) is 0 Å². The number of rotatable bonds is 1. The van der Waals surface area contributed by atoms with Crippen LogP contribution < -0.4 is 0 Å². The normalized spacial score (nSPS) is 14.3. The highest BCUT2D eigenvalue weighted by molar-refractivity contribution is 7.94. The molecule has 0 saturated carbocycles. The summed E-state index contributed by atoms with van der Waals surface area (Å²) in [7, 11) is -26.3. The van der Waals surface area contributed by atoms with Crippen LogP contribution in [0.1, 0.15) is 168 Å². The molecule has 0 fully saturated rings. The Morgan fingerprint density at radius 3 is 0.582 bits per heavy atom. The van der Waals surface area contributed by atoms with Crippen LogP contribution >= 0.6 is 0 Å². The average molecular weight is 2110 g/mol. The molecular weight excluding hydrogens is 1980 g/mol. The van der Waals surface area contributed by atoms with Gasteiger partial charge >= 0.3 is 0 Å². The zero-order valence-corrected chi connectivity index (χ0v) is 93.3. The van der Waals surface area contributed by atoms with Crippen molar-refractivity contribution in [2.75, 3.05) is 0 Å². The first-order chi connectivity index (χ1) is 69.7. The predicted molar refractivity (Wildman–Crippen MR) is 594 cm³/mol. The molecule has 0 N–H and O–H groups in total. The van der Waals surface area contributed by atoms with Crippen molar-refractivity contribution < 1.29 is 67.3 Å². The third-order valence-corrected chi connectivity index (χ3v) is 39.2. The first-order valence-corrected chi connectivity index (χ1v) is 61.1. The van der Waals surface area contributed by atoms with Crippen LogP contribution in [0.25, 0.3) is 89.0 Å². The Bertz CT molecular complexity index is 7740. The number of hydrogen-bond acceptors (Lipinski definition) is 16. The van der Waals surface area contributed by atoms with Crippen LogP contribution in [0.2, 0.25) is 0 Å². The van der Waals surface area contributed by atoms with Gasteiger partial charge in [-0.1, -0.05) is 402 Å². The van der Waals surface area contributed by atoms with E-state index in [-0.39, 0.29) is 0 Å². The summed E-state index contributed by atoms with van der Waals surface area (Å²) >= 11 is 0. The molecule has 0 spiro atoms. The minimum atomic E-state index is -3.33. The fourth-order valence-corrected chi connectivity index (χ4v) is 32.2. The molecule has 0 amide bonds. The van der Waals surface area contributed by atoms with E-state index in [1.807, 2.05) is 296 Å². The van der Waals surface area contributed by atoms with E-state index in [2.05, 4.69) is 55.4 Å². The Balaban J connectivity index is 0.000000167. The second-order valence-electron chi connectivity index (χ2n) is 34.3. The van der Waals surface area contributed by atoms with E-state index >= 15 is 0 Å². The maximum atomic E-state index is 12.5. The highest BCUT2D eigenvalue weighted by Gasteiger charge is 2.41. The number of unbranched alkanes of at least 4 members (excludes halogenated alkanes) is 1. The molecule has 8 heterocycles. The van der Waals surface area contributed by atoms with Crippen LogP contribution in [-0.4, -0.2) is 67.3 Å². The molecule has 8 aliphatic heterocycles. The smallest absolute Gasteiger partial charge is 0.208 e. The number of hydrogen-bond donors (Lipinski definition) is 0. The van der Waals surface area contributed by atoms with Gasteiger partial charge < -0.3 is 0 Å². The summed E-state index contributed by atoms with van der Waals surface area (Å²) in [6.07, 6.45) is 6.39. The number of benzene rings is 16. The minimum Gasteiger partial charge on any atom is -0.218 e. The Hall–Kier alpha value is -12.9. The largest absolute Gasteiger partial charge is 0.218 e. The molecule has 16 aromatic carbocycles. The van der Waals surface area contributed by atoms with Crippen LogP contribution in [0.5, 0.6) is 0 Å². The SMILES string of the molecule is CC.CC.CC.CCC.CCC.CCC.CCCC.Cc1cc(C)c2c(c1)S(=O)(=O)c1ccccc1-2.Cc1ccc(C)c2c1-c1ccccc1S2(=O)=O.Cc1cccc2c1S(=O)(=O)c1c(C)cccc1-2.Cc1cccc2c1S(=O)(=O)c1ccccc1-2.O=S1(=O)c2ccccc2-c2ccccc21.O=S1(=O)c2ccccc2-c2ccccc21.O=S1(=O)c2ccccc2-c2ccccc21.O=S1(=O)c2ccccc2-c2ccccc21. The molecule has 0 unspecified atom stereocenters. The summed E-state index contributed by atoms with van der Waals surface area (Å²) in [6, 6.07) is 103. The fraction of sp³-hybridized carbons (Fsp3) is 0.213. The molecule has 0 radical (unpaired) electrons. The minimum absolute atomic E-state index is 0.422. The lowest BCUT2D eigenvalue weighted by molar-refractivity contribution is 0.596. The molecule has 146 heavy (non-hydrogen) atoms. The van der Waals surface area contributed by atoms with Gasteiger partial charge in [-0.3, -0.25) is 0 Å². The summed E-state index contributed by atoms with van der Waals surface area (Å²) in [5.41, 5.74) is 19.5. The van der Waals surface area contributed by atoms with E-state index < -0.39 is 78.7 Å². The molecule has 16 aromatic rings. The fourth-order valence-electron chi connectivity index (χ4n) is 17.7. The highest BCUT2D eigenvalue weighted by Crippen LogP contribution is 2.52. The second kappa shape index (κ2) is 49.5. The molecule has 0 bridgehead atoms. The van der Waals surface area contributed by atoms with Crippen LogP contribution in [0.15, 0.2) is 424 Å². The maximum absolute atomic E-state index is 12.5. The quantitative estimate of drug-likeness (QED) is 0.148. The first kappa shape index (κ1) is 115.